The molecule has 0 radical (unpaired) electrons. The van der Waals surface area contributed by atoms with Crippen LogP contribution in [0.15, 0.2) is 48.5 Å². The average molecular weight is 334 g/mol. The van der Waals surface area contributed by atoms with Crippen molar-refractivity contribution in [2.24, 2.45) is 7.05 Å². The highest BCUT2D eigenvalue weighted by Crippen LogP contribution is 2.26. The predicted molar refractivity (Wildman–Crippen MR) is 101 cm³/mol. The minimum Gasteiger partial charge on any atom is -0.347 e. The average Bonchev–Trinajstić information content (AvgIpc) is 2.86. The normalized spacial score (nSPS) is 10.9. The summed E-state index contributed by atoms with van der Waals surface area (Å²) in [4.78, 5) is 27.5. The van der Waals surface area contributed by atoms with Gasteiger partial charge in [0.1, 0.15) is 0 Å². The minimum absolute atomic E-state index is 0.442. The van der Waals surface area contributed by atoms with Gasteiger partial charge in [0.15, 0.2) is 0 Å². The van der Waals surface area contributed by atoms with Gasteiger partial charge in [-0.15, -0.1) is 0 Å². The third kappa shape index (κ3) is 2.84. The standard InChI is InChI=1S/C21H22N2O2/c1-5-23(16-10-8-9-14(2)13-16)21(25)20(24)19-15(3)22(4)18-12-7-6-11-17(18)19/h6-13H,5H2,1-4H3. The molecule has 0 aliphatic rings. The van der Waals surface area contributed by atoms with Crippen LogP contribution in [0.25, 0.3) is 10.9 Å². The molecule has 0 aliphatic carbocycles. The first kappa shape index (κ1) is 17.0. The number of carbonyl (C=O) groups excluding carboxylic acids is 2. The van der Waals surface area contributed by atoms with Crippen LogP contribution < -0.4 is 4.90 Å². The van der Waals surface area contributed by atoms with Gasteiger partial charge in [0.2, 0.25) is 0 Å². The minimum atomic E-state index is -0.493. The number of amides is 1. The number of rotatable bonds is 4. The van der Waals surface area contributed by atoms with E-state index in [0.717, 1.165) is 27.8 Å². The third-order valence-electron chi connectivity index (χ3n) is 4.70. The number of Topliss-reactive ketones (excluding diaryl/α,β-unsaturated/α-hetero) is 1. The first-order valence-electron chi connectivity index (χ1n) is 8.42. The zero-order valence-corrected chi connectivity index (χ0v) is 15.0. The predicted octanol–water partition coefficient (Wildman–Crippen LogP) is 4.03. The quantitative estimate of drug-likeness (QED) is 0.534. The van der Waals surface area contributed by atoms with Crippen LogP contribution in [0.4, 0.5) is 5.69 Å². The molecule has 0 saturated heterocycles. The molecule has 0 N–H and O–H groups in total. The molecule has 0 atom stereocenters. The molecular weight excluding hydrogens is 312 g/mol. The zero-order valence-electron chi connectivity index (χ0n) is 15.0. The molecule has 1 amide bonds. The number of hydrogen-bond acceptors (Lipinski definition) is 2. The molecular formula is C21H22N2O2. The molecule has 0 saturated carbocycles. The lowest BCUT2D eigenvalue weighted by Gasteiger charge is -2.20. The molecule has 3 aromatic rings. The Labute approximate surface area is 147 Å². The van der Waals surface area contributed by atoms with Crippen LogP contribution in [0.3, 0.4) is 0 Å². The van der Waals surface area contributed by atoms with Gasteiger partial charge < -0.3 is 9.47 Å². The highest BCUT2D eigenvalue weighted by Gasteiger charge is 2.28. The Morgan fingerprint density at radius 3 is 2.44 bits per heavy atom. The number of para-hydroxylation sites is 1. The number of aryl methyl sites for hydroxylation is 2. The molecule has 0 bridgehead atoms. The van der Waals surface area contributed by atoms with E-state index in [9.17, 15) is 9.59 Å². The lowest BCUT2D eigenvalue weighted by atomic mass is 10.1. The summed E-state index contributed by atoms with van der Waals surface area (Å²) in [5.41, 5.74) is 4.06. The number of fused-ring (bicyclic) bond motifs is 1. The van der Waals surface area contributed by atoms with Crippen LogP contribution in [-0.2, 0) is 11.8 Å². The van der Waals surface area contributed by atoms with Crippen LogP contribution in [0.1, 0.15) is 28.5 Å². The van der Waals surface area contributed by atoms with Crippen LogP contribution >= 0.6 is 0 Å². The number of hydrogen-bond donors (Lipinski definition) is 0. The number of likely N-dealkylation sites (N-methyl/N-ethyl adjacent to an activating group) is 1. The van der Waals surface area contributed by atoms with Gasteiger partial charge >= 0.3 is 0 Å². The number of carbonyl (C=O) groups is 2. The molecule has 0 spiro atoms. The fourth-order valence-corrected chi connectivity index (χ4v) is 3.28. The van der Waals surface area contributed by atoms with E-state index in [-0.39, 0.29) is 0 Å². The van der Waals surface area contributed by atoms with Crippen molar-refractivity contribution in [1.29, 1.82) is 0 Å². The largest absolute Gasteiger partial charge is 0.347 e. The second kappa shape index (κ2) is 6.55. The zero-order chi connectivity index (χ0) is 18.1. The van der Waals surface area contributed by atoms with Gasteiger partial charge in [-0.3, -0.25) is 9.59 Å². The summed E-state index contributed by atoms with van der Waals surface area (Å²) in [6.45, 7) is 6.17. The highest BCUT2D eigenvalue weighted by molar-refractivity contribution is 6.49. The number of benzene rings is 2. The fourth-order valence-electron chi connectivity index (χ4n) is 3.28. The molecule has 4 heteroatoms. The molecule has 1 aromatic heterocycles. The van der Waals surface area contributed by atoms with Crippen molar-refractivity contribution in [1.82, 2.24) is 4.57 Å². The topological polar surface area (TPSA) is 42.3 Å². The highest BCUT2D eigenvalue weighted by atomic mass is 16.2. The van der Waals surface area contributed by atoms with E-state index >= 15 is 0 Å². The number of nitrogens with zero attached hydrogens (tertiary/aromatic N) is 2. The van der Waals surface area contributed by atoms with Gasteiger partial charge in [-0.05, 0) is 44.5 Å². The summed E-state index contributed by atoms with van der Waals surface area (Å²) in [5.74, 6) is -0.954. The second-order valence-electron chi connectivity index (χ2n) is 6.25. The molecule has 4 nitrogen and oxygen atoms in total. The third-order valence-corrected chi connectivity index (χ3v) is 4.70. The van der Waals surface area contributed by atoms with E-state index in [1.807, 2.05) is 80.9 Å². The second-order valence-corrected chi connectivity index (χ2v) is 6.25. The summed E-state index contributed by atoms with van der Waals surface area (Å²) in [6.07, 6.45) is 0. The van der Waals surface area contributed by atoms with E-state index in [1.165, 1.54) is 4.90 Å². The van der Waals surface area contributed by atoms with Gasteiger partial charge in [-0.1, -0.05) is 30.3 Å². The van der Waals surface area contributed by atoms with Gasteiger partial charge in [-0.2, -0.15) is 0 Å². The van der Waals surface area contributed by atoms with Crippen LogP contribution in [0.5, 0.6) is 0 Å². The maximum atomic E-state index is 13.0. The van der Waals surface area contributed by atoms with Crippen molar-refractivity contribution in [3.8, 4) is 0 Å². The number of anilines is 1. The Balaban J connectivity index is 2.06. The van der Waals surface area contributed by atoms with Gasteiger partial charge in [0, 0.05) is 35.9 Å². The van der Waals surface area contributed by atoms with E-state index in [4.69, 9.17) is 0 Å². The van der Waals surface area contributed by atoms with E-state index in [1.54, 1.807) is 0 Å². The molecule has 0 fully saturated rings. The fraction of sp³-hybridized carbons (Fsp3) is 0.238. The Morgan fingerprint density at radius 1 is 1.04 bits per heavy atom. The smallest absolute Gasteiger partial charge is 0.299 e. The van der Waals surface area contributed by atoms with Crippen LogP contribution in [-0.4, -0.2) is 22.8 Å². The van der Waals surface area contributed by atoms with Gasteiger partial charge in [-0.25, -0.2) is 0 Å². The molecule has 25 heavy (non-hydrogen) atoms. The van der Waals surface area contributed by atoms with Crippen molar-refractivity contribution in [3.05, 3.63) is 65.4 Å². The first-order chi connectivity index (χ1) is 12.0. The van der Waals surface area contributed by atoms with Gasteiger partial charge in [0.05, 0.1) is 5.56 Å². The Hall–Kier alpha value is -2.88. The lowest BCUT2D eigenvalue weighted by Crippen LogP contribution is -2.36. The van der Waals surface area contributed by atoms with E-state index in [0.29, 0.717) is 12.1 Å². The molecule has 128 valence electrons. The summed E-state index contributed by atoms with van der Waals surface area (Å²) in [6, 6.07) is 15.3. The van der Waals surface area contributed by atoms with E-state index in [2.05, 4.69) is 0 Å². The SMILES string of the molecule is CCN(C(=O)C(=O)c1c(C)n(C)c2ccccc12)c1cccc(C)c1. The monoisotopic (exact) mass is 334 g/mol. The van der Waals surface area contributed by atoms with Crippen LogP contribution in [0.2, 0.25) is 0 Å². The summed E-state index contributed by atoms with van der Waals surface area (Å²) >= 11 is 0. The van der Waals surface area contributed by atoms with E-state index < -0.39 is 11.7 Å². The maximum Gasteiger partial charge on any atom is 0.299 e. The summed E-state index contributed by atoms with van der Waals surface area (Å²) in [7, 11) is 1.91. The number of ketones is 1. The van der Waals surface area contributed by atoms with Crippen molar-refractivity contribution < 1.29 is 9.59 Å². The summed E-state index contributed by atoms with van der Waals surface area (Å²) in [5, 5.41) is 0.821. The van der Waals surface area contributed by atoms with Gasteiger partial charge in [0.25, 0.3) is 11.7 Å². The van der Waals surface area contributed by atoms with Crippen LogP contribution in [0, 0.1) is 13.8 Å². The lowest BCUT2D eigenvalue weighted by molar-refractivity contribution is -0.114. The first-order valence-corrected chi connectivity index (χ1v) is 8.42. The molecule has 0 aliphatic heterocycles. The Morgan fingerprint density at radius 2 is 1.76 bits per heavy atom. The molecule has 0 unspecified atom stereocenters. The molecule has 1 heterocycles. The summed E-state index contributed by atoms with van der Waals surface area (Å²) < 4.78 is 1.96. The Bertz CT molecular complexity index is 969. The van der Waals surface area contributed by atoms with Crippen molar-refractivity contribution >= 4 is 28.3 Å². The Kier molecular flexibility index (Phi) is 4.45. The molecule has 3 rings (SSSR count). The maximum absolute atomic E-state index is 13.0. The van der Waals surface area contributed by atoms with Crippen molar-refractivity contribution in [2.75, 3.05) is 11.4 Å². The van der Waals surface area contributed by atoms with Crippen molar-refractivity contribution in [2.45, 2.75) is 20.8 Å². The van der Waals surface area contributed by atoms with Crippen molar-refractivity contribution in [3.63, 3.8) is 0 Å². The number of aromatic nitrogens is 1. The molecule has 2 aromatic carbocycles.